The number of rotatable bonds is 9. The summed E-state index contributed by atoms with van der Waals surface area (Å²) in [5.74, 6) is 0.572. The zero-order valence-electron chi connectivity index (χ0n) is 38.2. The van der Waals surface area contributed by atoms with Crippen LogP contribution in [0, 0.1) is 32.6 Å². The minimum Gasteiger partial charge on any atom is -0.124 e. The maximum Gasteiger partial charge on any atom is 0.0158 e. The molecule has 0 amide bonds. The van der Waals surface area contributed by atoms with Crippen molar-refractivity contribution in [1.29, 1.82) is 0 Å². The van der Waals surface area contributed by atoms with Gasteiger partial charge in [0.2, 0.25) is 0 Å². The lowest BCUT2D eigenvalue weighted by atomic mass is 9.78. The molecule has 0 N–H and O–H groups in total. The molecule has 58 heavy (non-hydrogen) atoms. The molecule has 0 heteroatoms. The van der Waals surface area contributed by atoms with Crippen LogP contribution in [0.25, 0.3) is 17.2 Å². The predicted octanol–water partition coefficient (Wildman–Crippen LogP) is 16.6. The fourth-order valence-corrected chi connectivity index (χ4v) is 7.37. The van der Waals surface area contributed by atoms with E-state index in [-0.39, 0.29) is 10.8 Å². The average Bonchev–Trinajstić information content (AvgIpc) is 3.76. The summed E-state index contributed by atoms with van der Waals surface area (Å²) in [6.07, 6.45) is 27.6. The van der Waals surface area contributed by atoms with Crippen molar-refractivity contribution in [2.45, 2.75) is 114 Å². The Morgan fingerprint density at radius 1 is 0.828 bits per heavy atom. The number of aryl methyl sites for hydroxylation is 2. The summed E-state index contributed by atoms with van der Waals surface area (Å²) in [5, 5.41) is 0. The molecule has 0 fully saturated rings. The third-order valence-electron chi connectivity index (χ3n) is 11.3. The first-order valence-corrected chi connectivity index (χ1v) is 21.1. The zero-order chi connectivity index (χ0) is 43.5. The van der Waals surface area contributed by atoms with E-state index in [1.807, 2.05) is 38.1 Å². The molecule has 0 saturated heterocycles. The van der Waals surface area contributed by atoms with Crippen molar-refractivity contribution < 1.29 is 0 Å². The summed E-state index contributed by atoms with van der Waals surface area (Å²) in [5.41, 5.74) is 17.8. The highest BCUT2D eigenvalue weighted by Gasteiger charge is 2.34. The van der Waals surface area contributed by atoms with E-state index in [1.54, 1.807) is 0 Å². The fourth-order valence-electron chi connectivity index (χ4n) is 7.37. The van der Waals surface area contributed by atoms with Gasteiger partial charge in [-0.1, -0.05) is 230 Å². The van der Waals surface area contributed by atoms with Crippen molar-refractivity contribution in [3.63, 3.8) is 0 Å². The molecule has 1 unspecified atom stereocenters. The molecule has 304 valence electrons. The summed E-state index contributed by atoms with van der Waals surface area (Å²) in [6.45, 7) is 32.7. The third kappa shape index (κ3) is 13.1. The number of terminal acetylenes is 1. The zero-order valence-corrected chi connectivity index (χ0v) is 38.2. The summed E-state index contributed by atoms with van der Waals surface area (Å²) < 4.78 is 0. The average molecular weight is 769 g/mol. The van der Waals surface area contributed by atoms with Crippen LogP contribution >= 0.6 is 0 Å². The lowest BCUT2D eigenvalue weighted by Crippen LogP contribution is -2.18. The van der Waals surface area contributed by atoms with Gasteiger partial charge in [0.25, 0.3) is 0 Å². The summed E-state index contributed by atoms with van der Waals surface area (Å²) >= 11 is 0. The van der Waals surface area contributed by atoms with Gasteiger partial charge in [-0.05, 0) is 109 Å². The summed E-state index contributed by atoms with van der Waals surface area (Å²) in [7, 11) is 0. The van der Waals surface area contributed by atoms with Crippen molar-refractivity contribution in [3.05, 3.63) is 207 Å². The molecule has 0 radical (unpaired) electrons. The first kappa shape index (κ1) is 48.8. The van der Waals surface area contributed by atoms with Crippen LogP contribution in [0.2, 0.25) is 0 Å². The van der Waals surface area contributed by atoms with Crippen LogP contribution in [0.15, 0.2) is 163 Å². The Bertz CT molecular complexity index is 2110. The predicted molar refractivity (Wildman–Crippen MR) is 262 cm³/mol. The Hall–Kier alpha value is -5.38. The quantitative estimate of drug-likeness (QED) is 0.117. The molecule has 6 rings (SSSR count). The van der Waals surface area contributed by atoms with Crippen LogP contribution in [-0.4, -0.2) is 0 Å². The van der Waals surface area contributed by atoms with Gasteiger partial charge in [0, 0.05) is 5.41 Å². The van der Waals surface area contributed by atoms with Crippen molar-refractivity contribution in [2.75, 3.05) is 0 Å². The van der Waals surface area contributed by atoms with Crippen LogP contribution < -0.4 is 0 Å². The largest absolute Gasteiger partial charge is 0.124 e. The van der Waals surface area contributed by atoms with Gasteiger partial charge >= 0.3 is 0 Å². The molecule has 1 atom stereocenters. The third-order valence-corrected chi connectivity index (χ3v) is 11.3. The number of hydrogen-bond donors (Lipinski definition) is 0. The lowest BCUT2D eigenvalue weighted by Gasteiger charge is -2.27. The van der Waals surface area contributed by atoms with E-state index >= 15 is 0 Å². The van der Waals surface area contributed by atoms with Gasteiger partial charge in [-0.25, -0.2) is 0 Å². The van der Waals surface area contributed by atoms with Crippen molar-refractivity contribution in [3.8, 4) is 12.8 Å². The van der Waals surface area contributed by atoms with Gasteiger partial charge < -0.3 is 0 Å². The smallest absolute Gasteiger partial charge is 0.0158 e. The maximum atomic E-state index is 4.15. The van der Waals surface area contributed by atoms with E-state index < -0.39 is 0 Å². The molecule has 0 aliphatic heterocycles. The summed E-state index contributed by atoms with van der Waals surface area (Å²) in [4.78, 5) is 0. The molecule has 0 bridgehead atoms. The van der Waals surface area contributed by atoms with Gasteiger partial charge in [0.1, 0.15) is 0 Å². The Kier molecular flexibility index (Phi) is 20.0. The van der Waals surface area contributed by atoms with Crippen LogP contribution in [-0.2, 0) is 17.3 Å². The minimum atomic E-state index is -0.0234. The topological polar surface area (TPSA) is 0 Å². The van der Waals surface area contributed by atoms with E-state index in [0.717, 1.165) is 12.8 Å². The lowest BCUT2D eigenvalue weighted by molar-refractivity contribution is 0.502. The van der Waals surface area contributed by atoms with Crippen LogP contribution in [0.4, 0.5) is 0 Å². The number of fused-ring (bicyclic) bond motifs is 1. The molecular weight excluding hydrogens is 697 g/mol. The highest BCUT2D eigenvalue weighted by atomic mass is 14.4. The second-order valence-electron chi connectivity index (χ2n) is 16.1. The molecule has 0 aromatic heterocycles. The van der Waals surface area contributed by atoms with E-state index in [2.05, 4.69) is 217 Å². The van der Waals surface area contributed by atoms with E-state index in [9.17, 15) is 0 Å². The Labute approximate surface area is 355 Å². The van der Waals surface area contributed by atoms with Crippen molar-refractivity contribution >= 4 is 17.2 Å². The second-order valence-corrected chi connectivity index (χ2v) is 16.1. The van der Waals surface area contributed by atoms with Gasteiger partial charge in [-0.2, -0.15) is 0 Å². The Balaban J connectivity index is 0.000000390. The van der Waals surface area contributed by atoms with Gasteiger partial charge in [0.15, 0.2) is 0 Å². The fraction of sp³-hybridized carbons (Fsp3) is 0.310. The van der Waals surface area contributed by atoms with E-state index in [1.165, 1.54) is 72.4 Å². The Morgan fingerprint density at radius 2 is 1.43 bits per heavy atom. The molecule has 2 aliphatic rings. The van der Waals surface area contributed by atoms with Crippen molar-refractivity contribution in [2.24, 2.45) is 5.92 Å². The molecule has 2 aliphatic carbocycles. The highest BCUT2D eigenvalue weighted by Crippen LogP contribution is 2.47. The normalized spacial score (nSPS) is 15.4. The molecule has 0 heterocycles. The first-order chi connectivity index (χ1) is 27.7. The Morgan fingerprint density at radius 3 is 1.97 bits per heavy atom. The summed E-state index contributed by atoms with van der Waals surface area (Å²) in [6, 6.07) is 34.8. The number of hydrogen-bond acceptors (Lipinski definition) is 0. The minimum absolute atomic E-state index is 0.0234. The number of benzene rings is 4. The van der Waals surface area contributed by atoms with Crippen LogP contribution in [0.3, 0.4) is 0 Å². The monoisotopic (exact) mass is 769 g/mol. The maximum absolute atomic E-state index is 4.15. The highest BCUT2D eigenvalue weighted by molar-refractivity contribution is 5.90. The van der Waals surface area contributed by atoms with E-state index in [4.69, 9.17) is 0 Å². The SMILES string of the molecule is C#C.C=CC1=C(/C=C\c2ccc(C(C)(C)CC)c(C/C(C)=C(C)/C=C\C)c2)c2ccccc2C1(C)C.CC.Cc1ccc(C2=CC=CC2C)cc1.Cc1ccccc1. The second kappa shape index (κ2) is 23.8. The molecule has 0 nitrogen and oxygen atoms in total. The van der Waals surface area contributed by atoms with Gasteiger partial charge in [-0.15, -0.1) is 12.8 Å². The van der Waals surface area contributed by atoms with E-state index in [0.29, 0.717) is 5.92 Å². The number of allylic oxidation sites excluding steroid dienone is 12. The van der Waals surface area contributed by atoms with Crippen molar-refractivity contribution in [1.82, 2.24) is 0 Å². The standard InChI is InChI=1S/C34H42.C13H14.C7H8.C2H6.C2H2/c1-10-15-24(4)25(5)22-27-23-26(19-21-31(27)33(6,7)12-3)18-20-29-28-16-13-14-17-32(28)34(8,9)30(29)11-2;1-10-6-8-12(9-7-10)13-5-3-4-11(13)2;1-7-5-3-2-4-6-7;2*1-2/h10-11,13-21,23H,2,12,22H2,1,3-9H3;3-9,11H,1-2H3;2-6H,1H3;1-2H3;1-2H/b15-10-,20-18-,25-24+;;;;. The van der Waals surface area contributed by atoms with Gasteiger partial charge in [0.05, 0.1) is 0 Å². The molecule has 4 aromatic carbocycles. The molecule has 4 aromatic rings. The molecule has 0 saturated carbocycles. The first-order valence-electron chi connectivity index (χ1n) is 21.1. The van der Waals surface area contributed by atoms with Crippen LogP contribution in [0.1, 0.15) is 127 Å². The van der Waals surface area contributed by atoms with Gasteiger partial charge in [-0.3, -0.25) is 0 Å². The van der Waals surface area contributed by atoms with Crippen LogP contribution in [0.5, 0.6) is 0 Å². The molecule has 0 spiro atoms. The molecular formula is C58H72.